The Morgan fingerprint density at radius 1 is 1.14 bits per heavy atom. The fourth-order valence-corrected chi connectivity index (χ4v) is 3.99. The van der Waals surface area contributed by atoms with Crippen LogP contribution in [0.3, 0.4) is 0 Å². The number of alkyl halides is 3. The Morgan fingerprint density at radius 3 is 2.18 bits per heavy atom. The third-order valence-electron chi connectivity index (χ3n) is 4.13. The number of halogens is 3. The van der Waals surface area contributed by atoms with Gasteiger partial charge in [0, 0.05) is 23.1 Å². The van der Waals surface area contributed by atoms with Crippen LogP contribution in [0.15, 0.2) is 35.2 Å². The molecule has 10 heteroatoms. The minimum absolute atomic E-state index is 0.190. The van der Waals surface area contributed by atoms with Gasteiger partial charge in [0.2, 0.25) is 10.0 Å². The van der Waals surface area contributed by atoms with Crippen molar-refractivity contribution in [2.24, 2.45) is 0 Å². The Morgan fingerprint density at radius 2 is 1.71 bits per heavy atom. The molecule has 0 aliphatic carbocycles. The van der Waals surface area contributed by atoms with E-state index in [4.69, 9.17) is 0 Å². The number of sulfonamides is 1. The van der Waals surface area contributed by atoms with E-state index in [0.29, 0.717) is 11.3 Å². The zero-order valence-electron chi connectivity index (χ0n) is 15.9. The topological polar surface area (TPSA) is 80.2 Å². The first-order chi connectivity index (χ1) is 12.8. The fraction of sp³-hybridized carbons (Fsp3) is 0.389. The Balaban J connectivity index is 2.15. The van der Waals surface area contributed by atoms with E-state index in [0.717, 1.165) is 23.5 Å². The first-order valence-electron chi connectivity index (χ1n) is 8.48. The van der Waals surface area contributed by atoms with Crippen LogP contribution in [0.1, 0.15) is 41.6 Å². The molecule has 0 unspecified atom stereocenters. The number of hydrogen-bond acceptors (Lipinski definition) is 3. The molecule has 2 aromatic rings. The highest BCUT2D eigenvalue weighted by Crippen LogP contribution is 2.22. The van der Waals surface area contributed by atoms with Crippen LogP contribution in [0.4, 0.5) is 18.9 Å². The van der Waals surface area contributed by atoms with Gasteiger partial charge in [-0.1, -0.05) is 0 Å². The number of carbonyl (C=O) groups excluding carboxylic acids is 1. The van der Waals surface area contributed by atoms with E-state index in [2.05, 4.69) is 5.32 Å². The number of benzene rings is 1. The molecular formula is C18H22F3N3O3S. The third kappa shape index (κ3) is 5.14. The first kappa shape index (κ1) is 22.0. The third-order valence-corrected chi connectivity index (χ3v) is 5.55. The van der Waals surface area contributed by atoms with Gasteiger partial charge in [-0.15, -0.1) is 0 Å². The van der Waals surface area contributed by atoms with E-state index >= 15 is 0 Å². The molecule has 0 bridgehead atoms. The SMILES string of the molecule is Cc1cc(C(=O)Nc2ccc(S(=O)(=O)NCC(F)(F)F)cc2)c(C)n1C(C)C. The second kappa shape index (κ2) is 7.96. The van der Waals surface area contributed by atoms with E-state index in [-0.39, 0.29) is 16.8 Å². The molecule has 0 saturated heterocycles. The van der Waals surface area contributed by atoms with Gasteiger partial charge in [-0.25, -0.2) is 13.1 Å². The molecule has 154 valence electrons. The molecule has 1 aromatic carbocycles. The molecular weight excluding hydrogens is 395 g/mol. The Bertz CT molecular complexity index is 962. The van der Waals surface area contributed by atoms with E-state index in [1.54, 1.807) is 6.07 Å². The van der Waals surface area contributed by atoms with Gasteiger partial charge >= 0.3 is 6.18 Å². The Hall–Kier alpha value is -2.33. The van der Waals surface area contributed by atoms with E-state index in [1.165, 1.54) is 16.9 Å². The van der Waals surface area contributed by atoms with E-state index in [1.807, 2.05) is 32.3 Å². The molecule has 0 aliphatic heterocycles. The second-order valence-electron chi connectivity index (χ2n) is 6.67. The molecule has 0 saturated carbocycles. The summed E-state index contributed by atoms with van der Waals surface area (Å²) in [4.78, 5) is 12.2. The monoisotopic (exact) mass is 417 g/mol. The van der Waals surface area contributed by atoms with E-state index < -0.39 is 22.7 Å². The van der Waals surface area contributed by atoms with Crippen molar-refractivity contribution in [3.63, 3.8) is 0 Å². The highest BCUT2D eigenvalue weighted by Gasteiger charge is 2.30. The van der Waals surface area contributed by atoms with Crippen LogP contribution in [0, 0.1) is 13.8 Å². The van der Waals surface area contributed by atoms with Crippen molar-refractivity contribution >= 4 is 21.6 Å². The Labute approximate surface area is 161 Å². The highest BCUT2D eigenvalue weighted by molar-refractivity contribution is 7.89. The summed E-state index contributed by atoms with van der Waals surface area (Å²) < 4.78 is 63.9. The van der Waals surface area contributed by atoms with E-state index in [9.17, 15) is 26.4 Å². The number of amides is 1. The van der Waals surface area contributed by atoms with Crippen LogP contribution >= 0.6 is 0 Å². The summed E-state index contributed by atoms with van der Waals surface area (Å²) in [5.74, 6) is -0.356. The van der Waals surface area contributed by atoms with Crippen molar-refractivity contribution in [2.45, 2.75) is 44.8 Å². The normalized spacial score (nSPS) is 12.4. The lowest BCUT2D eigenvalue weighted by Gasteiger charge is -2.13. The van der Waals surface area contributed by atoms with Crippen LogP contribution in [-0.2, 0) is 10.0 Å². The molecule has 0 spiro atoms. The van der Waals surface area contributed by atoms with Crippen molar-refractivity contribution in [1.29, 1.82) is 0 Å². The number of aromatic nitrogens is 1. The average molecular weight is 417 g/mol. The van der Waals surface area contributed by atoms with Gasteiger partial charge in [0.05, 0.1) is 10.5 Å². The lowest BCUT2D eigenvalue weighted by atomic mass is 10.2. The van der Waals surface area contributed by atoms with Crippen molar-refractivity contribution in [3.05, 3.63) is 47.3 Å². The molecule has 6 nitrogen and oxygen atoms in total. The summed E-state index contributed by atoms with van der Waals surface area (Å²) in [6.07, 6.45) is -4.65. The standard InChI is InChI=1S/C18H22F3N3O3S/c1-11(2)24-12(3)9-16(13(24)4)17(25)23-14-5-7-15(8-6-14)28(26,27)22-10-18(19,20)21/h5-9,11,22H,10H2,1-4H3,(H,23,25). The zero-order valence-corrected chi connectivity index (χ0v) is 16.7. The summed E-state index contributed by atoms with van der Waals surface area (Å²) in [7, 11) is -4.30. The number of aryl methyl sites for hydroxylation is 1. The molecule has 0 atom stereocenters. The maximum absolute atomic E-state index is 12.5. The molecule has 1 amide bonds. The second-order valence-corrected chi connectivity index (χ2v) is 8.43. The van der Waals surface area contributed by atoms with Crippen molar-refractivity contribution in [2.75, 3.05) is 11.9 Å². The van der Waals surface area contributed by atoms with Crippen molar-refractivity contribution in [3.8, 4) is 0 Å². The Kier molecular flexibility index (Phi) is 6.24. The summed E-state index contributed by atoms with van der Waals surface area (Å²) in [6.45, 7) is 6.10. The van der Waals surface area contributed by atoms with Gasteiger partial charge < -0.3 is 9.88 Å². The molecule has 2 N–H and O–H groups in total. The van der Waals surface area contributed by atoms with Gasteiger partial charge in [-0.3, -0.25) is 4.79 Å². The number of nitrogens with one attached hydrogen (secondary N) is 2. The number of nitrogens with zero attached hydrogens (tertiary/aromatic N) is 1. The number of rotatable bonds is 6. The van der Waals surface area contributed by atoms with Gasteiger partial charge in [0.25, 0.3) is 5.91 Å². The number of carbonyl (C=O) groups is 1. The lowest BCUT2D eigenvalue weighted by molar-refractivity contribution is -0.121. The summed E-state index contributed by atoms with van der Waals surface area (Å²) in [5.41, 5.74) is 2.57. The zero-order chi connectivity index (χ0) is 21.3. The molecule has 28 heavy (non-hydrogen) atoms. The first-order valence-corrected chi connectivity index (χ1v) is 9.96. The molecule has 2 rings (SSSR count). The van der Waals surface area contributed by atoms with Crippen molar-refractivity contribution < 1.29 is 26.4 Å². The predicted molar refractivity (Wildman–Crippen MR) is 99.9 cm³/mol. The smallest absolute Gasteiger partial charge is 0.346 e. The minimum Gasteiger partial charge on any atom is -0.346 e. The maximum atomic E-state index is 12.5. The quantitative estimate of drug-likeness (QED) is 0.751. The maximum Gasteiger partial charge on any atom is 0.402 e. The van der Waals surface area contributed by atoms with Gasteiger partial charge in [0.1, 0.15) is 6.54 Å². The minimum atomic E-state index is -4.65. The van der Waals surface area contributed by atoms with Gasteiger partial charge in [-0.2, -0.15) is 13.2 Å². The molecule has 0 aliphatic rings. The highest BCUT2D eigenvalue weighted by atomic mass is 32.2. The lowest BCUT2D eigenvalue weighted by Crippen LogP contribution is -2.33. The van der Waals surface area contributed by atoms with Crippen LogP contribution in [0.25, 0.3) is 0 Å². The van der Waals surface area contributed by atoms with Crippen LogP contribution < -0.4 is 10.0 Å². The number of hydrogen-bond donors (Lipinski definition) is 2. The van der Waals surface area contributed by atoms with Gasteiger partial charge in [-0.05, 0) is 58.0 Å². The van der Waals surface area contributed by atoms with Gasteiger partial charge in [0.15, 0.2) is 0 Å². The summed E-state index contributed by atoms with van der Waals surface area (Å²) in [5, 5.41) is 2.67. The molecule has 0 fully saturated rings. The van der Waals surface area contributed by atoms with Crippen LogP contribution in [0.2, 0.25) is 0 Å². The predicted octanol–water partition coefficient (Wildman–Crippen LogP) is 3.78. The largest absolute Gasteiger partial charge is 0.402 e. The van der Waals surface area contributed by atoms with Crippen LogP contribution in [0.5, 0.6) is 0 Å². The molecule has 1 aromatic heterocycles. The number of anilines is 1. The average Bonchev–Trinajstić information content (AvgIpc) is 2.88. The van der Waals surface area contributed by atoms with Crippen molar-refractivity contribution in [1.82, 2.24) is 9.29 Å². The summed E-state index contributed by atoms with van der Waals surface area (Å²) in [6, 6.07) is 6.86. The van der Waals surface area contributed by atoms with Crippen LogP contribution in [-0.4, -0.2) is 31.6 Å². The molecule has 1 heterocycles. The molecule has 0 radical (unpaired) electrons. The summed E-state index contributed by atoms with van der Waals surface area (Å²) >= 11 is 0. The fourth-order valence-electron chi connectivity index (χ4n) is 2.98.